The Balaban J connectivity index is 1.55. The number of carbonyl (C=O) groups is 3. The summed E-state index contributed by atoms with van der Waals surface area (Å²) in [5, 5.41) is 2.61. The fourth-order valence-electron chi connectivity index (χ4n) is 3.90. The molecule has 31 heavy (non-hydrogen) atoms. The minimum absolute atomic E-state index is 0.304. The summed E-state index contributed by atoms with van der Waals surface area (Å²) >= 11 is 0. The number of aromatic nitrogens is 1. The van der Waals surface area contributed by atoms with Crippen LogP contribution in [0.4, 0.5) is 9.18 Å². The molecule has 3 aromatic rings. The monoisotopic (exact) mass is 423 g/mol. The van der Waals surface area contributed by atoms with Crippen LogP contribution in [0.5, 0.6) is 0 Å². The Bertz CT molecular complexity index is 1160. The van der Waals surface area contributed by atoms with Crippen LogP contribution < -0.4 is 5.32 Å². The van der Waals surface area contributed by atoms with E-state index >= 15 is 0 Å². The van der Waals surface area contributed by atoms with Crippen LogP contribution in [0.25, 0.3) is 0 Å². The molecule has 160 valence electrons. The maximum Gasteiger partial charge on any atom is 0.325 e. The van der Waals surface area contributed by atoms with Crippen molar-refractivity contribution in [1.82, 2.24) is 14.8 Å². The minimum atomic E-state index is -1.35. The zero-order valence-corrected chi connectivity index (χ0v) is 17.4. The third-order valence-electron chi connectivity index (χ3n) is 5.72. The Morgan fingerprint density at radius 2 is 1.87 bits per heavy atom. The quantitative estimate of drug-likeness (QED) is 0.486. The number of benzene rings is 1. The Morgan fingerprint density at radius 3 is 2.52 bits per heavy atom. The SMILES string of the molecule is Cc1cc(C(=O)CN2C(=O)NC(C)(c3ccco3)C2=O)c(C)n1Cc1ccc(F)cc1. The zero-order chi connectivity index (χ0) is 22.3. The molecule has 0 saturated carbocycles. The maximum absolute atomic E-state index is 13.2. The number of aryl methyl sites for hydroxylation is 1. The molecule has 0 spiro atoms. The van der Waals surface area contributed by atoms with E-state index in [1.54, 1.807) is 37.3 Å². The van der Waals surface area contributed by atoms with Gasteiger partial charge in [0.2, 0.25) is 0 Å². The second kappa shape index (κ2) is 7.54. The van der Waals surface area contributed by atoms with E-state index in [9.17, 15) is 18.8 Å². The lowest BCUT2D eigenvalue weighted by Gasteiger charge is -2.18. The van der Waals surface area contributed by atoms with Gasteiger partial charge < -0.3 is 14.3 Å². The van der Waals surface area contributed by atoms with Gasteiger partial charge in [-0.2, -0.15) is 0 Å². The molecule has 2 aromatic heterocycles. The molecule has 1 fully saturated rings. The molecule has 7 nitrogen and oxygen atoms in total. The number of halogens is 1. The van der Waals surface area contributed by atoms with E-state index in [0.29, 0.717) is 23.6 Å². The highest BCUT2D eigenvalue weighted by atomic mass is 19.1. The van der Waals surface area contributed by atoms with E-state index < -0.39 is 17.5 Å². The molecular weight excluding hydrogens is 401 g/mol. The predicted octanol–water partition coefficient (Wildman–Crippen LogP) is 3.54. The topological polar surface area (TPSA) is 84.6 Å². The smallest absolute Gasteiger partial charge is 0.325 e. The van der Waals surface area contributed by atoms with Gasteiger partial charge in [0, 0.05) is 23.5 Å². The number of nitrogens with one attached hydrogen (secondary N) is 1. The van der Waals surface area contributed by atoms with E-state index in [1.807, 2.05) is 18.4 Å². The second-order valence-electron chi connectivity index (χ2n) is 7.84. The number of imide groups is 1. The first-order valence-corrected chi connectivity index (χ1v) is 9.83. The van der Waals surface area contributed by atoms with Gasteiger partial charge >= 0.3 is 6.03 Å². The minimum Gasteiger partial charge on any atom is -0.466 e. The normalized spacial score (nSPS) is 18.5. The van der Waals surface area contributed by atoms with Crippen LogP contribution >= 0.6 is 0 Å². The molecule has 1 unspecified atom stereocenters. The average Bonchev–Trinajstić information content (AvgIpc) is 3.42. The standard InChI is InChI=1S/C23H22FN3O4/c1-14-11-18(15(2)26(14)12-16-6-8-17(24)9-7-16)19(28)13-27-21(29)23(3,25-22(27)30)20-5-4-10-31-20/h4-11H,12-13H2,1-3H3,(H,25,30). The number of urea groups is 1. The fourth-order valence-corrected chi connectivity index (χ4v) is 3.90. The van der Waals surface area contributed by atoms with Crippen molar-refractivity contribution in [3.63, 3.8) is 0 Å². The summed E-state index contributed by atoms with van der Waals surface area (Å²) < 4.78 is 20.4. The van der Waals surface area contributed by atoms with Crippen LogP contribution in [0.2, 0.25) is 0 Å². The van der Waals surface area contributed by atoms with Crippen LogP contribution in [0.3, 0.4) is 0 Å². The van der Waals surface area contributed by atoms with Gasteiger partial charge in [0.15, 0.2) is 11.3 Å². The summed E-state index contributed by atoms with van der Waals surface area (Å²) in [5.74, 6) is -0.888. The highest BCUT2D eigenvalue weighted by Crippen LogP contribution is 2.29. The van der Waals surface area contributed by atoms with Crippen molar-refractivity contribution >= 4 is 17.7 Å². The molecule has 1 aromatic carbocycles. The second-order valence-corrected chi connectivity index (χ2v) is 7.84. The summed E-state index contributed by atoms with van der Waals surface area (Å²) in [6, 6.07) is 10.5. The van der Waals surface area contributed by atoms with Gasteiger partial charge in [-0.25, -0.2) is 9.18 Å². The van der Waals surface area contributed by atoms with Crippen molar-refractivity contribution in [3.05, 3.63) is 82.8 Å². The van der Waals surface area contributed by atoms with Crippen molar-refractivity contribution in [3.8, 4) is 0 Å². The third kappa shape index (κ3) is 3.54. The first-order chi connectivity index (χ1) is 14.7. The lowest BCUT2D eigenvalue weighted by molar-refractivity contribution is -0.131. The number of ketones is 1. The fraction of sp³-hybridized carbons (Fsp3) is 0.261. The van der Waals surface area contributed by atoms with Crippen molar-refractivity contribution in [2.24, 2.45) is 0 Å². The van der Waals surface area contributed by atoms with Gasteiger partial charge in [-0.1, -0.05) is 12.1 Å². The first kappa shape index (κ1) is 20.6. The molecular formula is C23H22FN3O4. The summed E-state index contributed by atoms with van der Waals surface area (Å²) in [6.07, 6.45) is 1.42. The van der Waals surface area contributed by atoms with Crippen molar-refractivity contribution < 1.29 is 23.2 Å². The van der Waals surface area contributed by atoms with E-state index in [1.165, 1.54) is 18.4 Å². The summed E-state index contributed by atoms with van der Waals surface area (Å²) in [6.45, 7) is 5.33. The van der Waals surface area contributed by atoms with Gasteiger partial charge in [-0.05, 0) is 56.7 Å². The van der Waals surface area contributed by atoms with E-state index in [0.717, 1.165) is 16.2 Å². The molecule has 0 bridgehead atoms. The zero-order valence-electron chi connectivity index (χ0n) is 17.4. The molecule has 1 atom stereocenters. The first-order valence-electron chi connectivity index (χ1n) is 9.83. The lowest BCUT2D eigenvalue weighted by Crippen LogP contribution is -2.41. The average molecular weight is 423 g/mol. The molecule has 4 rings (SSSR count). The van der Waals surface area contributed by atoms with Crippen molar-refractivity contribution in [2.45, 2.75) is 32.9 Å². The number of amides is 3. The van der Waals surface area contributed by atoms with Crippen LogP contribution in [0.1, 0.15) is 40.0 Å². The third-order valence-corrected chi connectivity index (χ3v) is 5.72. The molecule has 1 aliphatic rings. The highest BCUT2D eigenvalue weighted by molar-refractivity contribution is 6.11. The molecule has 3 heterocycles. The number of Topliss-reactive ketones (excluding diaryl/α,β-unsaturated/α-hetero) is 1. The molecule has 0 aliphatic carbocycles. The van der Waals surface area contributed by atoms with Crippen LogP contribution in [0, 0.1) is 19.7 Å². The summed E-state index contributed by atoms with van der Waals surface area (Å²) in [7, 11) is 0. The Labute approximate surface area is 178 Å². The van der Waals surface area contributed by atoms with Crippen LogP contribution in [0.15, 0.2) is 53.1 Å². The van der Waals surface area contributed by atoms with Gasteiger partial charge in [0.25, 0.3) is 5.91 Å². The Hall–Kier alpha value is -3.68. The number of hydrogen-bond donors (Lipinski definition) is 1. The molecule has 3 amide bonds. The molecule has 8 heteroatoms. The number of furan rings is 1. The van der Waals surface area contributed by atoms with E-state index in [2.05, 4.69) is 5.32 Å². The van der Waals surface area contributed by atoms with Crippen molar-refractivity contribution in [1.29, 1.82) is 0 Å². The van der Waals surface area contributed by atoms with Gasteiger partial charge in [-0.15, -0.1) is 0 Å². The Morgan fingerprint density at radius 1 is 1.16 bits per heavy atom. The largest absolute Gasteiger partial charge is 0.466 e. The number of carbonyl (C=O) groups excluding carboxylic acids is 3. The van der Waals surface area contributed by atoms with Crippen LogP contribution in [-0.4, -0.2) is 33.7 Å². The maximum atomic E-state index is 13.2. The highest BCUT2D eigenvalue weighted by Gasteiger charge is 2.51. The van der Waals surface area contributed by atoms with Gasteiger partial charge in [-0.3, -0.25) is 14.5 Å². The molecule has 1 N–H and O–H groups in total. The molecule has 0 radical (unpaired) electrons. The summed E-state index contributed by atoms with van der Waals surface area (Å²) in [5.41, 5.74) is 1.55. The number of rotatable bonds is 6. The predicted molar refractivity (Wildman–Crippen MR) is 110 cm³/mol. The molecule has 1 saturated heterocycles. The lowest BCUT2D eigenvalue weighted by atomic mass is 9.99. The van der Waals surface area contributed by atoms with E-state index in [-0.39, 0.29) is 18.1 Å². The Kier molecular flexibility index (Phi) is 5.00. The van der Waals surface area contributed by atoms with Crippen molar-refractivity contribution in [2.75, 3.05) is 6.54 Å². The van der Waals surface area contributed by atoms with E-state index in [4.69, 9.17) is 4.42 Å². The number of nitrogens with zero attached hydrogens (tertiary/aromatic N) is 2. The summed E-state index contributed by atoms with van der Waals surface area (Å²) in [4.78, 5) is 39.3. The molecule has 1 aliphatic heterocycles. The van der Waals surface area contributed by atoms with Gasteiger partial charge in [0.05, 0.1) is 12.8 Å². The van der Waals surface area contributed by atoms with Gasteiger partial charge in [0.1, 0.15) is 11.6 Å². The number of hydrogen-bond acceptors (Lipinski definition) is 4. The van der Waals surface area contributed by atoms with Crippen LogP contribution in [-0.2, 0) is 16.9 Å².